The fraction of sp³-hybridized carbons (Fsp3) is 0.467. The first-order valence-electron chi connectivity index (χ1n) is 6.71. The second-order valence-corrected chi connectivity index (χ2v) is 4.92. The Labute approximate surface area is 115 Å². The normalized spacial score (nSPS) is 16.4. The molecule has 0 radical (unpaired) electrons. The van der Waals surface area contributed by atoms with Crippen molar-refractivity contribution in [3.8, 4) is 5.75 Å². The van der Waals surface area contributed by atoms with Crippen LogP contribution in [0.15, 0.2) is 36.4 Å². The second-order valence-electron chi connectivity index (χ2n) is 4.92. The largest absolute Gasteiger partial charge is 0.497 e. The highest BCUT2D eigenvalue weighted by Crippen LogP contribution is 2.20. The number of nitrogens with zero attached hydrogens (tertiary/aromatic N) is 2. The van der Waals surface area contributed by atoms with E-state index in [1.54, 1.807) is 7.11 Å². The van der Waals surface area contributed by atoms with Crippen LogP contribution in [0, 0.1) is 0 Å². The summed E-state index contributed by atoms with van der Waals surface area (Å²) in [6.07, 6.45) is 0. The van der Waals surface area contributed by atoms with Gasteiger partial charge in [0.2, 0.25) is 0 Å². The molecule has 0 spiro atoms. The van der Waals surface area contributed by atoms with Crippen LogP contribution in [0.25, 0.3) is 0 Å². The lowest BCUT2D eigenvalue weighted by molar-refractivity contribution is 0.277. The quantitative estimate of drug-likeness (QED) is 0.812. The van der Waals surface area contributed by atoms with Crippen molar-refractivity contribution >= 4 is 5.69 Å². The van der Waals surface area contributed by atoms with Crippen molar-refractivity contribution in [2.24, 2.45) is 5.73 Å². The third-order valence-electron chi connectivity index (χ3n) is 3.55. The van der Waals surface area contributed by atoms with Crippen LogP contribution in [0.5, 0.6) is 5.75 Å². The lowest BCUT2D eigenvalue weighted by atomic mass is 10.2. The van der Waals surface area contributed by atoms with Crippen molar-refractivity contribution in [3.63, 3.8) is 0 Å². The molecule has 1 aromatic rings. The van der Waals surface area contributed by atoms with Crippen LogP contribution in [0.4, 0.5) is 5.69 Å². The molecule has 0 unspecified atom stereocenters. The average molecular weight is 261 g/mol. The van der Waals surface area contributed by atoms with Gasteiger partial charge >= 0.3 is 0 Å². The van der Waals surface area contributed by atoms with Crippen LogP contribution in [0.2, 0.25) is 0 Å². The van der Waals surface area contributed by atoms with Gasteiger partial charge in [0.25, 0.3) is 0 Å². The van der Waals surface area contributed by atoms with E-state index in [2.05, 4.69) is 28.5 Å². The van der Waals surface area contributed by atoms with Crippen LogP contribution in [0.1, 0.15) is 0 Å². The molecule has 0 amide bonds. The number of methoxy groups -OCH3 is 1. The third-order valence-corrected chi connectivity index (χ3v) is 3.55. The molecule has 1 aliphatic rings. The average Bonchev–Trinajstić information content (AvgIpc) is 2.48. The Balaban J connectivity index is 1.86. The Hall–Kier alpha value is -1.52. The predicted octanol–water partition coefficient (Wildman–Crippen LogP) is 1.33. The van der Waals surface area contributed by atoms with Crippen molar-refractivity contribution in [2.45, 2.75) is 0 Å². The van der Waals surface area contributed by atoms with Crippen molar-refractivity contribution in [3.05, 3.63) is 36.4 Å². The molecule has 0 bridgehead atoms. The summed E-state index contributed by atoms with van der Waals surface area (Å²) in [5, 5.41) is 0. The fourth-order valence-electron chi connectivity index (χ4n) is 2.34. The number of anilines is 1. The minimum absolute atomic E-state index is 0.582. The van der Waals surface area contributed by atoms with Gasteiger partial charge in [0.15, 0.2) is 0 Å². The van der Waals surface area contributed by atoms with Gasteiger partial charge in [-0.25, -0.2) is 0 Å². The van der Waals surface area contributed by atoms with E-state index in [-0.39, 0.29) is 0 Å². The molecule has 0 aromatic heterocycles. The van der Waals surface area contributed by atoms with E-state index in [1.807, 2.05) is 12.1 Å². The molecule has 1 aromatic carbocycles. The van der Waals surface area contributed by atoms with Crippen molar-refractivity contribution in [1.29, 1.82) is 0 Å². The van der Waals surface area contributed by atoms with Crippen LogP contribution in [-0.4, -0.2) is 51.3 Å². The first-order chi connectivity index (χ1) is 9.22. The molecule has 19 heavy (non-hydrogen) atoms. The molecule has 0 aliphatic carbocycles. The minimum atomic E-state index is 0.582. The van der Waals surface area contributed by atoms with Gasteiger partial charge in [0.1, 0.15) is 5.75 Å². The summed E-state index contributed by atoms with van der Waals surface area (Å²) >= 11 is 0. The monoisotopic (exact) mass is 261 g/mol. The number of hydrogen-bond acceptors (Lipinski definition) is 4. The molecule has 0 atom stereocenters. The molecule has 1 heterocycles. The lowest BCUT2D eigenvalue weighted by Gasteiger charge is -2.36. The van der Waals surface area contributed by atoms with Gasteiger partial charge in [0.05, 0.1) is 7.11 Å². The predicted molar refractivity (Wildman–Crippen MR) is 79.8 cm³/mol. The van der Waals surface area contributed by atoms with Crippen molar-refractivity contribution in [1.82, 2.24) is 4.90 Å². The smallest absolute Gasteiger partial charge is 0.119 e. The summed E-state index contributed by atoms with van der Waals surface area (Å²) in [7, 11) is 1.69. The van der Waals surface area contributed by atoms with Crippen molar-refractivity contribution in [2.75, 3.05) is 51.3 Å². The maximum Gasteiger partial charge on any atom is 0.119 e. The van der Waals surface area contributed by atoms with Gasteiger partial charge in [0, 0.05) is 45.0 Å². The van der Waals surface area contributed by atoms with Gasteiger partial charge in [-0.2, -0.15) is 0 Å². The maximum absolute atomic E-state index is 5.59. The van der Waals surface area contributed by atoms with Crippen LogP contribution in [0.3, 0.4) is 0 Å². The second kappa shape index (κ2) is 6.59. The Bertz CT molecular complexity index is 408. The summed E-state index contributed by atoms with van der Waals surface area (Å²) in [5.74, 6) is 0.904. The molecule has 104 valence electrons. The molecule has 2 rings (SSSR count). The fourth-order valence-corrected chi connectivity index (χ4v) is 2.34. The van der Waals surface area contributed by atoms with Gasteiger partial charge in [-0.15, -0.1) is 0 Å². The molecule has 2 N–H and O–H groups in total. The van der Waals surface area contributed by atoms with E-state index >= 15 is 0 Å². The molecule has 0 saturated carbocycles. The molecule has 1 saturated heterocycles. The number of benzene rings is 1. The SMILES string of the molecule is C=C(CN)CN1CCN(c2ccc(OC)cc2)CC1. The molecule has 4 heteroatoms. The molecule has 1 fully saturated rings. The van der Waals surface area contributed by atoms with Gasteiger partial charge in [-0.3, -0.25) is 4.90 Å². The zero-order valence-corrected chi connectivity index (χ0v) is 11.6. The lowest BCUT2D eigenvalue weighted by Crippen LogP contribution is -2.47. The van der Waals surface area contributed by atoms with Gasteiger partial charge in [-0.1, -0.05) is 6.58 Å². The summed E-state index contributed by atoms with van der Waals surface area (Å²) < 4.78 is 5.18. The maximum atomic E-state index is 5.59. The summed E-state index contributed by atoms with van der Waals surface area (Å²) in [4.78, 5) is 4.82. The van der Waals surface area contributed by atoms with Crippen LogP contribution in [-0.2, 0) is 0 Å². The third kappa shape index (κ3) is 3.72. The first kappa shape index (κ1) is 13.9. The van der Waals surface area contributed by atoms with Gasteiger partial charge in [-0.05, 0) is 29.8 Å². The zero-order chi connectivity index (χ0) is 13.7. The van der Waals surface area contributed by atoms with E-state index in [0.29, 0.717) is 6.54 Å². The molecule has 1 aliphatic heterocycles. The highest BCUT2D eigenvalue weighted by atomic mass is 16.5. The highest BCUT2D eigenvalue weighted by Gasteiger charge is 2.17. The van der Waals surface area contributed by atoms with E-state index in [1.165, 1.54) is 5.69 Å². The Morgan fingerprint density at radius 2 is 1.84 bits per heavy atom. The summed E-state index contributed by atoms with van der Waals surface area (Å²) in [6.45, 7) is 9.69. The van der Waals surface area contributed by atoms with Crippen molar-refractivity contribution < 1.29 is 4.74 Å². The Morgan fingerprint density at radius 1 is 1.21 bits per heavy atom. The molecular weight excluding hydrogens is 238 g/mol. The minimum Gasteiger partial charge on any atom is -0.497 e. The standard InChI is InChI=1S/C15H23N3O/c1-13(11-16)12-17-7-9-18(10-8-17)14-3-5-15(19-2)6-4-14/h3-6H,1,7-12,16H2,2H3. The van der Waals surface area contributed by atoms with Crippen LogP contribution >= 0.6 is 0 Å². The first-order valence-corrected chi connectivity index (χ1v) is 6.71. The number of nitrogens with two attached hydrogens (primary N) is 1. The number of ether oxygens (including phenoxy) is 1. The summed E-state index contributed by atoms with van der Waals surface area (Å²) in [6, 6.07) is 8.26. The number of hydrogen-bond donors (Lipinski definition) is 1. The molecular formula is C15H23N3O. The Morgan fingerprint density at radius 3 is 2.37 bits per heavy atom. The van der Waals surface area contributed by atoms with Crippen LogP contribution < -0.4 is 15.4 Å². The number of rotatable bonds is 5. The topological polar surface area (TPSA) is 41.7 Å². The van der Waals surface area contributed by atoms with Gasteiger partial charge < -0.3 is 15.4 Å². The van der Waals surface area contributed by atoms with E-state index in [0.717, 1.165) is 44.0 Å². The van der Waals surface area contributed by atoms with E-state index in [4.69, 9.17) is 10.5 Å². The summed E-state index contributed by atoms with van der Waals surface area (Å²) in [5.41, 5.74) is 7.96. The van der Waals surface area contributed by atoms with E-state index < -0.39 is 0 Å². The Kier molecular flexibility index (Phi) is 4.82. The van der Waals surface area contributed by atoms with E-state index in [9.17, 15) is 0 Å². The zero-order valence-electron chi connectivity index (χ0n) is 11.6. The molecule has 4 nitrogen and oxygen atoms in total. The highest BCUT2D eigenvalue weighted by molar-refractivity contribution is 5.49. The number of piperazine rings is 1.